The number of pyridine rings is 1. The molecule has 1 atom stereocenters. The first-order valence-electron chi connectivity index (χ1n) is 8.19. The molecule has 2 aromatic heterocycles. The summed E-state index contributed by atoms with van der Waals surface area (Å²) in [6, 6.07) is 8.52. The molecule has 2 heterocycles. The Labute approximate surface area is 171 Å². The van der Waals surface area contributed by atoms with Gasteiger partial charge in [-0.2, -0.15) is 0 Å². The second kappa shape index (κ2) is 11.3. The number of ether oxygens (including phenoxy) is 1. The molecule has 0 aliphatic carbocycles. The summed E-state index contributed by atoms with van der Waals surface area (Å²) in [6.07, 6.45) is 2.79. The molecule has 0 radical (unpaired) electrons. The molecule has 7 heteroatoms. The van der Waals surface area contributed by atoms with E-state index in [-0.39, 0.29) is 24.0 Å². The lowest BCUT2D eigenvalue weighted by Crippen LogP contribution is -2.43. The van der Waals surface area contributed by atoms with Gasteiger partial charge < -0.3 is 15.4 Å². The third-order valence-corrected chi connectivity index (χ3v) is 4.48. The fourth-order valence-electron chi connectivity index (χ4n) is 2.30. The smallest absolute Gasteiger partial charge is 0.212 e. The van der Waals surface area contributed by atoms with Crippen LogP contribution in [0.1, 0.15) is 29.2 Å². The highest BCUT2D eigenvalue weighted by Gasteiger charge is 2.08. The number of methoxy groups -OCH3 is 1. The molecule has 5 nitrogen and oxygen atoms in total. The number of hydrogen-bond acceptors (Lipinski definition) is 4. The Kier molecular flexibility index (Phi) is 9.81. The standard InChI is InChI=1S/C18H26N4OS.HI/c1-5-19-18(21-12-15-7-9-17(23-4)20-11-15)22-13(2)10-16-8-6-14(3)24-16;/h6-9,11,13H,5,10,12H2,1-4H3,(H2,19,21,22);1H. The number of guanidine groups is 1. The highest BCUT2D eigenvalue weighted by Crippen LogP contribution is 2.16. The van der Waals surface area contributed by atoms with Gasteiger partial charge in [-0.05, 0) is 38.5 Å². The largest absolute Gasteiger partial charge is 0.481 e. The number of thiophene rings is 1. The van der Waals surface area contributed by atoms with Crippen LogP contribution in [-0.4, -0.2) is 30.6 Å². The van der Waals surface area contributed by atoms with Crippen molar-refractivity contribution in [1.29, 1.82) is 0 Å². The summed E-state index contributed by atoms with van der Waals surface area (Å²) in [5.41, 5.74) is 1.05. The molecule has 0 spiro atoms. The first-order valence-corrected chi connectivity index (χ1v) is 9.01. The molecule has 25 heavy (non-hydrogen) atoms. The molecule has 1 unspecified atom stereocenters. The molecule has 0 saturated carbocycles. The average molecular weight is 474 g/mol. The molecule has 0 fully saturated rings. The minimum Gasteiger partial charge on any atom is -0.481 e. The van der Waals surface area contributed by atoms with Crippen LogP contribution < -0.4 is 15.4 Å². The van der Waals surface area contributed by atoms with Crippen LogP contribution in [0, 0.1) is 6.92 Å². The Balaban J connectivity index is 0.00000312. The SMILES string of the molecule is CCNC(=NCc1ccc(OC)nc1)NC(C)Cc1ccc(C)s1.I. The number of nitrogens with zero attached hydrogens (tertiary/aromatic N) is 2. The predicted octanol–water partition coefficient (Wildman–Crippen LogP) is 3.76. The summed E-state index contributed by atoms with van der Waals surface area (Å²) in [6.45, 7) is 7.80. The Morgan fingerprint density at radius 1 is 1.32 bits per heavy atom. The van der Waals surface area contributed by atoms with E-state index >= 15 is 0 Å². The van der Waals surface area contributed by atoms with Crippen LogP contribution in [0.15, 0.2) is 35.5 Å². The molecular formula is C18H27IN4OS. The molecule has 0 amide bonds. The predicted molar refractivity (Wildman–Crippen MR) is 116 cm³/mol. The van der Waals surface area contributed by atoms with Crippen molar-refractivity contribution < 1.29 is 4.74 Å². The number of hydrogen-bond donors (Lipinski definition) is 2. The maximum Gasteiger partial charge on any atom is 0.212 e. The second-order valence-corrected chi connectivity index (χ2v) is 7.04. The average Bonchev–Trinajstić information content (AvgIpc) is 2.98. The van der Waals surface area contributed by atoms with Crippen LogP contribution in [0.4, 0.5) is 0 Å². The van der Waals surface area contributed by atoms with Gasteiger partial charge in [-0.25, -0.2) is 9.98 Å². The first-order chi connectivity index (χ1) is 11.6. The first kappa shape index (κ1) is 21.7. The molecule has 0 aromatic carbocycles. The van der Waals surface area contributed by atoms with Gasteiger partial charge in [0.05, 0.1) is 13.7 Å². The molecule has 0 aliphatic heterocycles. The number of aryl methyl sites for hydroxylation is 1. The number of halogens is 1. The van der Waals surface area contributed by atoms with Crippen molar-refractivity contribution in [2.75, 3.05) is 13.7 Å². The van der Waals surface area contributed by atoms with Crippen molar-refractivity contribution in [2.24, 2.45) is 4.99 Å². The summed E-state index contributed by atoms with van der Waals surface area (Å²) in [4.78, 5) is 11.6. The molecule has 0 saturated heterocycles. The van der Waals surface area contributed by atoms with Crippen LogP contribution in [0.5, 0.6) is 5.88 Å². The minimum atomic E-state index is 0. The Hall–Kier alpha value is -1.35. The number of rotatable bonds is 7. The summed E-state index contributed by atoms with van der Waals surface area (Å²) in [7, 11) is 1.61. The van der Waals surface area contributed by atoms with Crippen molar-refractivity contribution in [2.45, 2.75) is 39.8 Å². The molecule has 2 aromatic rings. The molecule has 2 rings (SSSR count). The number of aliphatic imine (C=N–C) groups is 1. The van der Waals surface area contributed by atoms with Gasteiger partial charge in [-0.1, -0.05) is 6.07 Å². The van der Waals surface area contributed by atoms with E-state index in [0.29, 0.717) is 18.5 Å². The van der Waals surface area contributed by atoms with E-state index in [0.717, 1.165) is 24.5 Å². The van der Waals surface area contributed by atoms with E-state index < -0.39 is 0 Å². The number of nitrogens with one attached hydrogen (secondary N) is 2. The van der Waals surface area contributed by atoms with Crippen LogP contribution in [0.25, 0.3) is 0 Å². The lowest BCUT2D eigenvalue weighted by Gasteiger charge is -2.17. The molecular weight excluding hydrogens is 447 g/mol. The van der Waals surface area contributed by atoms with E-state index in [9.17, 15) is 0 Å². The maximum absolute atomic E-state index is 5.07. The van der Waals surface area contributed by atoms with E-state index in [2.05, 4.69) is 53.5 Å². The van der Waals surface area contributed by atoms with Gasteiger partial charge in [-0.15, -0.1) is 35.3 Å². The zero-order valence-corrected chi connectivity index (χ0v) is 18.4. The lowest BCUT2D eigenvalue weighted by molar-refractivity contribution is 0.397. The van der Waals surface area contributed by atoms with Crippen molar-refractivity contribution in [3.63, 3.8) is 0 Å². The van der Waals surface area contributed by atoms with Gasteiger partial charge in [0.15, 0.2) is 5.96 Å². The van der Waals surface area contributed by atoms with Crippen molar-refractivity contribution in [1.82, 2.24) is 15.6 Å². The monoisotopic (exact) mass is 474 g/mol. The molecule has 0 bridgehead atoms. The number of aromatic nitrogens is 1. The van der Waals surface area contributed by atoms with E-state index in [1.54, 1.807) is 13.3 Å². The van der Waals surface area contributed by atoms with Crippen LogP contribution in [-0.2, 0) is 13.0 Å². The quantitative estimate of drug-likeness (QED) is 0.365. The van der Waals surface area contributed by atoms with Gasteiger partial charge in [-0.3, -0.25) is 0 Å². The second-order valence-electron chi connectivity index (χ2n) is 5.67. The summed E-state index contributed by atoms with van der Waals surface area (Å²) >= 11 is 1.85. The van der Waals surface area contributed by atoms with Gasteiger partial charge in [0, 0.05) is 41.0 Å². The highest BCUT2D eigenvalue weighted by molar-refractivity contribution is 14.0. The van der Waals surface area contributed by atoms with Gasteiger partial charge in [0.25, 0.3) is 0 Å². The third kappa shape index (κ3) is 7.60. The van der Waals surface area contributed by atoms with Gasteiger partial charge in [0.2, 0.25) is 5.88 Å². The fourth-order valence-corrected chi connectivity index (χ4v) is 3.32. The topological polar surface area (TPSA) is 58.5 Å². The normalized spacial score (nSPS) is 12.2. The van der Waals surface area contributed by atoms with Gasteiger partial charge >= 0.3 is 0 Å². The van der Waals surface area contributed by atoms with Crippen molar-refractivity contribution in [3.8, 4) is 5.88 Å². The van der Waals surface area contributed by atoms with Crippen LogP contribution in [0.2, 0.25) is 0 Å². The Bertz CT molecular complexity index is 657. The summed E-state index contributed by atoms with van der Waals surface area (Å²) in [5.74, 6) is 1.45. The van der Waals surface area contributed by atoms with Crippen molar-refractivity contribution in [3.05, 3.63) is 45.8 Å². The minimum absolute atomic E-state index is 0. The molecule has 0 aliphatic rings. The lowest BCUT2D eigenvalue weighted by atomic mass is 10.2. The Morgan fingerprint density at radius 2 is 2.12 bits per heavy atom. The fraction of sp³-hybridized carbons (Fsp3) is 0.444. The molecule has 2 N–H and O–H groups in total. The van der Waals surface area contributed by atoms with Gasteiger partial charge in [0.1, 0.15) is 0 Å². The summed E-state index contributed by atoms with van der Waals surface area (Å²) in [5, 5.41) is 6.76. The Morgan fingerprint density at radius 3 is 2.68 bits per heavy atom. The van der Waals surface area contributed by atoms with E-state index in [1.165, 1.54) is 9.75 Å². The third-order valence-electron chi connectivity index (χ3n) is 3.46. The van der Waals surface area contributed by atoms with E-state index in [4.69, 9.17) is 4.74 Å². The highest BCUT2D eigenvalue weighted by atomic mass is 127. The summed E-state index contributed by atoms with van der Waals surface area (Å²) < 4.78 is 5.07. The maximum atomic E-state index is 5.07. The molecule has 138 valence electrons. The zero-order valence-electron chi connectivity index (χ0n) is 15.2. The van der Waals surface area contributed by atoms with E-state index in [1.807, 2.05) is 23.5 Å². The van der Waals surface area contributed by atoms with Crippen LogP contribution in [0.3, 0.4) is 0 Å². The zero-order chi connectivity index (χ0) is 17.4. The van der Waals surface area contributed by atoms with Crippen molar-refractivity contribution >= 4 is 41.3 Å². The van der Waals surface area contributed by atoms with Crippen LogP contribution >= 0.6 is 35.3 Å².